The van der Waals surface area contributed by atoms with E-state index in [1.54, 1.807) is 6.08 Å². The van der Waals surface area contributed by atoms with Crippen LogP contribution in [0.1, 0.15) is 12.8 Å². The second kappa shape index (κ2) is 2.08. The van der Waals surface area contributed by atoms with Crippen LogP contribution < -0.4 is 0 Å². The Hall–Kier alpha value is -0.850. The molecule has 0 aromatic rings. The minimum atomic E-state index is 0.227. The quantitative estimate of drug-likeness (QED) is 0.533. The standard InChI is InChI=1S/C9H10O/c10-9-4-2-1-3-8(9)7-5-6-7/h1-4,7-8H,5-6H2. The summed E-state index contributed by atoms with van der Waals surface area (Å²) in [4.78, 5) is 11.1. The van der Waals surface area contributed by atoms with Gasteiger partial charge in [-0.1, -0.05) is 18.2 Å². The summed E-state index contributed by atoms with van der Waals surface area (Å²) in [5.41, 5.74) is 0. The zero-order valence-corrected chi connectivity index (χ0v) is 5.79. The second-order valence-electron chi connectivity index (χ2n) is 3.01. The highest BCUT2D eigenvalue weighted by atomic mass is 16.1. The molecule has 0 amide bonds. The van der Waals surface area contributed by atoms with Crippen LogP contribution in [0.4, 0.5) is 0 Å². The van der Waals surface area contributed by atoms with Gasteiger partial charge in [-0.05, 0) is 24.8 Å². The highest BCUT2D eigenvalue weighted by Crippen LogP contribution is 2.38. The molecule has 1 atom stereocenters. The zero-order valence-electron chi connectivity index (χ0n) is 5.79. The highest BCUT2D eigenvalue weighted by molar-refractivity contribution is 5.94. The van der Waals surface area contributed by atoms with E-state index in [2.05, 4.69) is 0 Å². The molecule has 10 heavy (non-hydrogen) atoms. The lowest BCUT2D eigenvalue weighted by molar-refractivity contribution is -0.117. The third kappa shape index (κ3) is 0.919. The summed E-state index contributed by atoms with van der Waals surface area (Å²) >= 11 is 0. The molecular weight excluding hydrogens is 124 g/mol. The van der Waals surface area contributed by atoms with Gasteiger partial charge in [0.05, 0.1) is 0 Å². The van der Waals surface area contributed by atoms with Crippen LogP contribution in [0.2, 0.25) is 0 Å². The minimum Gasteiger partial charge on any atom is -0.294 e. The van der Waals surface area contributed by atoms with Gasteiger partial charge in [-0.2, -0.15) is 0 Å². The normalized spacial score (nSPS) is 31.2. The summed E-state index contributed by atoms with van der Waals surface area (Å²) in [6.45, 7) is 0. The predicted octanol–water partition coefficient (Wildman–Crippen LogP) is 1.71. The van der Waals surface area contributed by atoms with Crippen LogP contribution in [0.25, 0.3) is 0 Å². The maximum atomic E-state index is 11.1. The van der Waals surface area contributed by atoms with Gasteiger partial charge in [-0.3, -0.25) is 4.79 Å². The van der Waals surface area contributed by atoms with E-state index < -0.39 is 0 Å². The summed E-state index contributed by atoms with van der Waals surface area (Å²) in [5, 5.41) is 0. The van der Waals surface area contributed by atoms with E-state index in [-0.39, 0.29) is 5.92 Å². The molecule has 0 saturated heterocycles. The molecule has 0 bridgehead atoms. The first-order valence-corrected chi connectivity index (χ1v) is 3.76. The third-order valence-electron chi connectivity index (χ3n) is 2.15. The number of hydrogen-bond acceptors (Lipinski definition) is 1. The second-order valence-corrected chi connectivity index (χ2v) is 3.01. The summed E-state index contributed by atoms with van der Waals surface area (Å²) in [6, 6.07) is 0. The van der Waals surface area contributed by atoms with Crippen molar-refractivity contribution >= 4 is 5.78 Å². The van der Waals surface area contributed by atoms with Crippen LogP contribution >= 0.6 is 0 Å². The monoisotopic (exact) mass is 134 g/mol. The van der Waals surface area contributed by atoms with E-state index in [9.17, 15) is 4.79 Å². The van der Waals surface area contributed by atoms with Gasteiger partial charge < -0.3 is 0 Å². The SMILES string of the molecule is O=C1C=CC=CC1C1CC1. The van der Waals surface area contributed by atoms with Gasteiger partial charge in [-0.25, -0.2) is 0 Å². The summed E-state index contributed by atoms with van der Waals surface area (Å²) in [5.74, 6) is 1.20. The van der Waals surface area contributed by atoms with Crippen LogP contribution in [0.3, 0.4) is 0 Å². The molecule has 2 aliphatic carbocycles. The van der Waals surface area contributed by atoms with E-state index in [0.29, 0.717) is 11.7 Å². The number of carbonyl (C=O) groups excluding carboxylic acids is 1. The minimum absolute atomic E-state index is 0.227. The lowest BCUT2D eigenvalue weighted by Gasteiger charge is -2.08. The van der Waals surface area contributed by atoms with E-state index in [0.717, 1.165) is 0 Å². The molecule has 0 N–H and O–H groups in total. The van der Waals surface area contributed by atoms with Crippen molar-refractivity contribution in [2.75, 3.05) is 0 Å². The van der Waals surface area contributed by atoms with Crippen molar-refractivity contribution in [2.45, 2.75) is 12.8 Å². The maximum absolute atomic E-state index is 11.1. The van der Waals surface area contributed by atoms with E-state index in [1.165, 1.54) is 12.8 Å². The Balaban J connectivity index is 2.13. The van der Waals surface area contributed by atoms with Gasteiger partial charge in [0.15, 0.2) is 5.78 Å². The first-order valence-electron chi connectivity index (χ1n) is 3.76. The molecule has 0 radical (unpaired) electrons. The summed E-state index contributed by atoms with van der Waals surface area (Å²) < 4.78 is 0. The molecule has 1 heteroatoms. The van der Waals surface area contributed by atoms with Gasteiger partial charge in [0.2, 0.25) is 0 Å². The van der Waals surface area contributed by atoms with Gasteiger partial charge >= 0.3 is 0 Å². The van der Waals surface area contributed by atoms with Gasteiger partial charge in [0.25, 0.3) is 0 Å². The molecule has 1 saturated carbocycles. The van der Waals surface area contributed by atoms with Crippen LogP contribution in [-0.2, 0) is 4.79 Å². The number of rotatable bonds is 1. The summed E-state index contributed by atoms with van der Waals surface area (Å²) in [6.07, 6.45) is 10.00. The Morgan fingerprint density at radius 2 is 2.10 bits per heavy atom. The molecule has 52 valence electrons. The van der Waals surface area contributed by atoms with E-state index in [4.69, 9.17) is 0 Å². The van der Waals surface area contributed by atoms with Crippen molar-refractivity contribution in [2.24, 2.45) is 11.8 Å². The lowest BCUT2D eigenvalue weighted by Crippen LogP contribution is -2.13. The van der Waals surface area contributed by atoms with Crippen LogP contribution in [0, 0.1) is 11.8 Å². The average Bonchev–Trinajstić information content (AvgIpc) is 2.71. The van der Waals surface area contributed by atoms with Crippen molar-refractivity contribution in [1.29, 1.82) is 0 Å². The van der Waals surface area contributed by atoms with E-state index in [1.807, 2.05) is 18.2 Å². The Morgan fingerprint density at radius 1 is 1.30 bits per heavy atom. The number of hydrogen-bond donors (Lipinski definition) is 0. The van der Waals surface area contributed by atoms with Crippen LogP contribution in [-0.4, -0.2) is 5.78 Å². The first-order chi connectivity index (χ1) is 4.88. The van der Waals surface area contributed by atoms with Gasteiger partial charge in [-0.15, -0.1) is 0 Å². The van der Waals surface area contributed by atoms with Crippen molar-refractivity contribution in [1.82, 2.24) is 0 Å². The molecule has 1 unspecified atom stereocenters. The molecule has 0 aliphatic heterocycles. The first kappa shape index (κ1) is 5.90. The summed E-state index contributed by atoms with van der Waals surface area (Å²) in [7, 11) is 0. The van der Waals surface area contributed by atoms with Gasteiger partial charge in [0.1, 0.15) is 0 Å². The smallest absolute Gasteiger partial charge is 0.162 e. The number of allylic oxidation sites excluding steroid dienone is 4. The maximum Gasteiger partial charge on any atom is 0.162 e. The van der Waals surface area contributed by atoms with Crippen molar-refractivity contribution < 1.29 is 4.79 Å². The van der Waals surface area contributed by atoms with Crippen molar-refractivity contribution in [3.63, 3.8) is 0 Å². The lowest BCUT2D eigenvalue weighted by atomic mass is 9.95. The molecule has 2 rings (SSSR count). The molecule has 0 heterocycles. The number of carbonyl (C=O) groups is 1. The fourth-order valence-corrected chi connectivity index (χ4v) is 1.38. The van der Waals surface area contributed by atoms with Crippen LogP contribution in [0.15, 0.2) is 24.3 Å². The Labute approximate surface area is 60.4 Å². The fourth-order valence-electron chi connectivity index (χ4n) is 1.38. The van der Waals surface area contributed by atoms with E-state index >= 15 is 0 Å². The third-order valence-corrected chi connectivity index (χ3v) is 2.15. The molecule has 1 nitrogen and oxygen atoms in total. The Morgan fingerprint density at radius 3 is 2.70 bits per heavy atom. The Kier molecular flexibility index (Phi) is 1.23. The topological polar surface area (TPSA) is 17.1 Å². The highest BCUT2D eigenvalue weighted by Gasteiger charge is 2.33. The fraction of sp³-hybridized carbons (Fsp3) is 0.444. The largest absolute Gasteiger partial charge is 0.294 e. The average molecular weight is 134 g/mol. The molecule has 0 spiro atoms. The molecule has 0 aromatic carbocycles. The molecule has 2 aliphatic rings. The predicted molar refractivity (Wildman–Crippen MR) is 39.5 cm³/mol. The molecule has 1 fully saturated rings. The molecule has 0 aromatic heterocycles. The van der Waals surface area contributed by atoms with Crippen molar-refractivity contribution in [3.8, 4) is 0 Å². The van der Waals surface area contributed by atoms with Gasteiger partial charge in [0, 0.05) is 5.92 Å². The molecular formula is C9H10O. The Bertz CT molecular complexity index is 209. The zero-order chi connectivity index (χ0) is 6.97. The number of ketones is 1. The van der Waals surface area contributed by atoms with Crippen molar-refractivity contribution in [3.05, 3.63) is 24.3 Å². The van der Waals surface area contributed by atoms with Crippen LogP contribution in [0.5, 0.6) is 0 Å².